The van der Waals surface area contributed by atoms with E-state index in [1.54, 1.807) is 13.4 Å². The number of aliphatic imine (C=N–C) groups is 1. The summed E-state index contributed by atoms with van der Waals surface area (Å²) in [6.45, 7) is 0.372. The molecule has 2 aliphatic heterocycles. The summed E-state index contributed by atoms with van der Waals surface area (Å²) in [5, 5.41) is 0. The van der Waals surface area contributed by atoms with Crippen molar-refractivity contribution >= 4 is 11.7 Å². The average molecular weight is 382 g/mol. The van der Waals surface area contributed by atoms with Crippen molar-refractivity contribution in [3.05, 3.63) is 53.1 Å². The molecule has 3 heterocycles. The number of amides is 1. The molecule has 5 rings (SSSR count). The zero-order chi connectivity index (χ0) is 19.3. The molecule has 1 saturated carbocycles. The number of aromatic nitrogens is 2. The van der Waals surface area contributed by atoms with E-state index in [9.17, 15) is 4.79 Å². The lowest BCUT2D eigenvalue weighted by atomic mass is 9.85. The van der Waals surface area contributed by atoms with Gasteiger partial charge in [0.1, 0.15) is 18.7 Å². The third-order valence-corrected chi connectivity index (χ3v) is 5.92. The van der Waals surface area contributed by atoms with E-state index in [1.807, 2.05) is 22.9 Å². The predicted molar refractivity (Wildman–Crippen MR) is 102 cm³/mol. The van der Waals surface area contributed by atoms with Crippen molar-refractivity contribution in [1.29, 1.82) is 0 Å². The zero-order valence-electron chi connectivity index (χ0n) is 15.8. The fourth-order valence-electron chi connectivity index (χ4n) is 4.49. The molecular formula is C21H23FN4O2. The van der Waals surface area contributed by atoms with Crippen LogP contribution >= 0.6 is 0 Å². The Bertz CT molecular complexity index is 950. The Hall–Kier alpha value is -2.54. The molecule has 0 radical (unpaired) electrons. The number of hydrogen-bond acceptors (Lipinski definition) is 4. The Morgan fingerprint density at radius 1 is 1.25 bits per heavy atom. The normalized spacial score (nSPS) is 24.4. The van der Waals surface area contributed by atoms with E-state index >= 15 is 4.39 Å². The van der Waals surface area contributed by atoms with Gasteiger partial charge in [-0.2, -0.15) is 0 Å². The number of benzene rings is 1. The minimum Gasteiger partial charge on any atom is -0.378 e. The standard InChI is InChI=1S/C21H23FN4O2/c1-28-11-14-10-25(12-24-14)20-8-18-16-4-2-3-15(13-5-6-13)17(16)7-19(22)26(18)21(27)9-23-20/h2-4,10,12-13,18-19H,5-9,11H2,1H3. The first-order valence-electron chi connectivity index (χ1n) is 9.78. The Labute approximate surface area is 163 Å². The summed E-state index contributed by atoms with van der Waals surface area (Å²) in [5.74, 6) is 1.02. The van der Waals surface area contributed by atoms with Gasteiger partial charge in [-0.25, -0.2) is 9.37 Å². The molecule has 2 aromatic rings. The second-order valence-corrected chi connectivity index (χ2v) is 7.79. The third-order valence-electron chi connectivity index (χ3n) is 5.92. The Balaban J connectivity index is 1.54. The molecule has 0 N–H and O–H groups in total. The van der Waals surface area contributed by atoms with Gasteiger partial charge < -0.3 is 9.64 Å². The topological polar surface area (TPSA) is 59.7 Å². The van der Waals surface area contributed by atoms with Gasteiger partial charge in [0.25, 0.3) is 0 Å². The van der Waals surface area contributed by atoms with E-state index in [2.05, 4.69) is 16.0 Å². The van der Waals surface area contributed by atoms with Crippen molar-refractivity contribution in [3.8, 4) is 0 Å². The van der Waals surface area contributed by atoms with Gasteiger partial charge in [0.2, 0.25) is 5.91 Å². The van der Waals surface area contributed by atoms with E-state index in [-0.39, 0.29) is 24.9 Å². The molecular weight excluding hydrogens is 359 g/mol. The maximum atomic E-state index is 15.1. The highest BCUT2D eigenvalue weighted by molar-refractivity contribution is 5.91. The van der Waals surface area contributed by atoms with E-state index in [4.69, 9.17) is 4.74 Å². The van der Waals surface area contributed by atoms with Crippen LogP contribution in [0.5, 0.6) is 0 Å². The van der Waals surface area contributed by atoms with Crippen molar-refractivity contribution in [2.45, 2.75) is 50.5 Å². The fourth-order valence-corrected chi connectivity index (χ4v) is 4.49. The van der Waals surface area contributed by atoms with Crippen LogP contribution < -0.4 is 0 Å². The van der Waals surface area contributed by atoms with Gasteiger partial charge in [-0.3, -0.25) is 14.4 Å². The number of carbonyl (C=O) groups is 1. The van der Waals surface area contributed by atoms with Crippen molar-refractivity contribution in [1.82, 2.24) is 14.5 Å². The van der Waals surface area contributed by atoms with Crippen LogP contribution in [0.4, 0.5) is 4.39 Å². The molecule has 1 aromatic carbocycles. The Morgan fingerprint density at radius 3 is 2.86 bits per heavy atom. The average Bonchev–Trinajstić information content (AvgIpc) is 3.45. The molecule has 1 aromatic heterocycles. The molecule has 0 spiro atoms. The molecule has 3 aliphatic rings. The number of halogens is 1. The highest BCUT2D eigenvalue weighted by atomic mass is 19.1. The van der Waals surface area contributed by atoms with Crippen LogP contribution in [0, 0.1) is 0 Å². The number of rotatable bonds is 3. The zero-order valence-corrected chi connectivity index (χ0v) is 15.8. The highest BCUT2D eigenvalue weighted by Gasteiger charge is 2.41. The summed E-state index contributed by atoms with van der Waals surface area (Å²) in [6, 6.07) is 5.88. The molecule has 6 nitrogen and oxygen atoms in total. The second kappa shape index (κ2) is 6.81. The number of imidazole rings is 1. The highest BCUT2D eigenvalue weighted by Crippen LogP contribution is 2.46. The van der Waals surface area contributed by atoms with Crippen LogP contribution in [0.3, 0.4) is 0 Å². The molecule has 1 amide bonds. The molecule has 1 aliphatic carbocycles. The van der Waals surface area contributed by atoms with E-state index in [0.717, 1.165) is 22.7 Å². The Kier molecular flexibility index (Phi) is 4.27. The minimum absolute atomic E-state index is 0.0400. The molecule has 7 heteroatoms. The molecule has 0 bridgehead atoms. The van der Waals surface area contributed by atoms with E-state index in [0.29, 0.717) is 18.9 Å². The third kappa shape index (κ3) is 2.94. The van der Waals surface area contributed by atoms with Crippen LogP contribution in [-0.4, -0.2) is 46.1 Å². The maximum Gasteiger partial charge on any atom is 0.247 e. The quantitative estimate of drug-likeness (QED) is 0.767. The largest absolute Gasteiger partial charge is 0.378 e. The maximum absolute atomic E-state index is 15.1. The number of alkyl halides is 1. The van der Waals surface area contributed by atoms with Crippen LogP contribution in [0.2, 0.25) is 0 Å². The summed E-state index contributed by atoms with van der Waals surface area (Å²) in [4.78, 5) is 22.9. The van der Waals surface area contributed by atoms with Crippen molar-refractivity contribution in [2.75, 3.05) is 13.7 Å². The molecule has 2 atom stereocenters. The lowest BCUT2D eigenvalue weighted by Crippen LogP contribution is -2.46. The number of fused-ring (bicyclic) bond motifs is 3. The fraction of sp³-hybridized carbons (Fsp3) is 0.476. The summed E-state index contributed by atoms with van der Waals surface area (Å²) in [6.07, 6.45) is 5.34. The number of nitrogens with zero attached hydrogens (tertiary/aromatic N) is 4. The van der Waals surface area contributed by atoms with Crippen molar-refractivity contribution < 1.29 is 13.9 Å². The lowest BCUT2D eigenvalue weighted by Gasteiger charge is -2.39. The molecule has 1 fully saturated rings. The first kappa shape index (κ1) is 17.6. The molecule has 28 heavy (non-hydrogen) atoms. The van der Waals surface area contributed by atoms with Gasteiger partial charge in [0.05, 0.1) is 18.3 Å². The Morgan fingerprint density at radius 2 is 2.07 bits per heavy atom. The van der Waals surface area contributed by atoms with Crippen LogP contribution in [0.25, 0.3) is 0 Å². The minimum atomic E-state index is -1.30. The number of hydrogen-bond donors (Lipinski definition) is 0. The lowest BCUT2D eigenvalue weighted by molar-refractivity contribution is -0.139. The van der Waals surface area contributed by atoms with Gasteiger partial charge in [0, 0.05) is 26.1 Å². The number of carbonyl (C=O) groups excluding carboxylic acids is 1. The molecule has 146 valence electrons. The predicted octanol–water partition coefficient (Wildman–Crippen LogP) is 2.98. The van der Waals surface area contributed by atoms with Gasteiger partial charge in [-0.1, -0.05) is 18.2 Å². The number of methoxy groups -OCH3 is 1. The SMILES string of the molecule is COCc1cn(C2=NCC(=O)N3C(F)Cc4c(C5CC5)cccc4C3C2)cn1. The molecule has 0 saturated heterocycles. The summed E-state index contributed by atoms with van der Waals surface area (Å²) in [7, 11) is 1.62. The first-order valence-corrected chi connectivity index (χ1v) is 9.78. The smallest absolute Gasteiger partial charge is 0.247 e. The monoisotopic (exact) mass is 382 g/mol. The van der Waals surface area contributed by atoms with Gasteiger partial charge in [-0.15, -0.1) is 0 Å². The van der Waals surface area contributed by atoms with Crippen molar-refractivity contribution in [3.63, 3.8) is 0 Å². The first-order chi connectivity index (χ1) is 13.7. The van der Waals surface area contributed by atoms with Crippen LogP contribution in [-0.2, 0) is 22.6 Å². The summed E-state index contributed by atoms with van der Waals surface area (Å²) >= 11 is 0. The van der Waals surface area contributed by atoms with Crippen LogP contribution in [0.1, 0.15) is 53.6 Å². The molecule has 2 unspecified atom stereocenters. The van der Waals surface area contributed by atoms with Gasteiger partial charge in [0.15, 0.2) is 6.30 Å². The van der Waals surface area contributed by atoms with E-state index in [1.165, 1.54) is 23.3 Å². The van der Waals surface area contributed by atoms with Gasteiger partial charge in [-0.05, 0) is 35.4 Å². The van der Waals surface area contributed by atoms with Crippen LogP contribution in [0.15, 0.2) is 35.7 Å². The second-order valence-electron chi connectivity index (χ2n) is 7.79. The van der Waals surface area contributed by atoms with E-state index < -0.39 is 6.30 Å². The van der Waals surface area contributed by atoms with Crippen molar-refractivity contribution in [2.24, 2.45) is 4.99 Å². The summed E-state index contributed by atoms with van der Waals surface area (Å²) < 4.78 is 22.1. The van der Waals surface area contributed by atoms with Gasteiger partial charge >= 0.3 is 0 Å². The number of ether oxygens (including phenoxy) is 1. The summed E-state index contributed by atoms with van der Waals surface area (Å²) in [5.41, 5.74) is 4.22.